The second-order valence-electron chi connectivity index (χ2n) is 3.68. The van der Waals surface area contributed by atoms with E-state index in [4.69, 9.17) is 0 Å². The monoisotopic (exact) mass is 208 g/mol. The lowest BCUT2D eigenvalue weighted by Gasteiger charge is -2.25. The fraction of sp³-hybridized carbons (Fsp3) is 0.364. The van der Waals surface area contributed by atoms with Gasteiger partial charge in [0.1, 0.15) is 11.9 Å². The SMILES string of the molecule is Cc1ccc(F)cc1C1NCCNC1=O. The summed E-state index contributed by atoms with van der Waals surface area (Å²) in [7, 11) is 0. The minimum absolute atomic E-state index is 0.0880. The first-order valence-electron chi connectivity index (χ1n) is 4.95. The number of hydrogen-bond donors (Lipinski definition) is 2. The van der Waals surface area contributed by atoms with E-state index in [0.29, 0.717) is 18.7 Å². The van der Waals surface area contributed by atoms with Gasteiger partial charge in [-0.1, -0.05) is 6.07 Å². The van der Waals surface area contributed by atoms with E-state index in [0.717, 1.165) is 5.56 Å². The third kappa shape index (κ3) is 1.99. The number of halogens is 1. The van der Waals surface area contributed by atoms with Crippen molar-refractivity contribution in [2.24, 2.45) is 0 Å². The van der Waals surface area contributed by atoms with Gasteiger partial charge in [0, 0.05) is 13.1 Å². The summed E-state index contributed by atoms with van der Waals surface area (Å²) in [5.41, 5.74) is 1.64. The number of nitrogens with one attached hydrogen (secondary N) is 2. The van der Waals surface area contributed by atoms with Crippen LogP contribution in [0, 0.1) is 12.7 Å². The summed E-state index contributed by atoms with van der Waals surface area (Å²) in [5, 5.41) is 5.83. The Morgan fingerprint density at radius 3 is 2.93 bits per heavy atom. The van der Waals surface area contributed by atoms with Crippen molar-refractivity contribution in [2.45, 2.75) is 13.0 Å². The Bertz CT molecular complexity index is 392. The molecule has 1 aromatic rings. The van der Waals surface area contributed by atoms with E-state index in [9.17, 15) is 9.18 Å². The molecule has 0 radical (unpaired) electrons. The van der Waals surface area contributed by atoms with Crippen LogP contribution >= 0.6 is 0 Å². The van der Waals surface area contributed by atoms with Gasteiger partial charge in [0.2, 0.25) is 5.91 Å². The van der Waals surface area contributed by atoms with Crippen molar-refractivity contribution in [2.75, 3.05) is 13.1 Å². The minimum atomic E-state index is -0.422. The predicted molar refractivity (Wildman–Crippen MR) is 54.9 cm³/mol. The average molecular weight is 208 g/mol. The van der Waals surface area contributed by atoms with Crippen molar-refractivity contribution in [3.63, 3.8) is 0 Å². The van der Waals surface area contributed by atoms with E-state index < -0.39 is 6.04 Å². The molecule has 0 aromatic heterocycles. The van der Waals surface area contributed by atoms with Crippen LogP contribution in [-0.2, 0) is 4.79 Å². The molecule has 0 aliphatic carbocycles. The Hall–Kier alpha value is -1.42. The summed E-state index contributed by atoms with van der Waals surface area (Å²) >= 11 is 0. The number of benzene rings is 1. The van der Waals surface area contributed by atoms with Gasteiger partial charge in [-0.25, -0.2) is 4.39 Å². The molecule has 1 amide bonds. The molecular weight excluding hydrogens is 195 g/mol. The summed E-state index contributed by atoms with van der Waals surface area (Å²) in [6, 6.07) is 4.08. The number of aryl methyl sites for hydroxylation is 1. The molecule has 1 unspecified atom stereocenters. The van der Waals surface area contributed by atoms with Crippen molar-refractivity contribution in [1.82, 2.24) is 10.6 Å². The van der Waals surface area contributed by atoms with Gasteiger partial charge in [-0.2, -0.15) is 0 Å². The number of carbonyl (C=O) groups excluding carboxylic acids is 1. The van der Waals surface area contributed by atoms with E-state index in [-0.39, 0.29) is 11.7 Å². The van der Waals surface area contributed by atoms with Crippen molar-refractivity contribution in [1.29, 1.82) is 0 Å². The van der Waals surface area contributed by atoms with E-state index in [1.165, 1.54) is 12.1 Å². The molecule has 1 heterocycles. The van der Waals surface area contributed by atoms with E-state index in [1.54, 1.807) is 6.07 Å². The highest BCUT2D eigenvalue weighted by Gasteiger charge is 2.24. The molecule has 1 aromatic carbocycles. The predicted octanol–water partition coefficient (Wildman–Crippen LogP) is 0.895. The molecule has 3 nitrogen and oxygen atoms in total. The molecule has 15 heavy (non-hydrogen) atoms. The van der Waals surface area contributed by atoms with Gasteiger partial charge in [-0.3, -0.25) is 4.79 Å². The molecule has 0 bridgehead atoms. The van der Waals surface area contributed by atoms with Crippen LogP contribution in [-0.4, -0.2) is 19.0 Å². The number of rotatable bonds is 1. The number of piperazine rings is 1. The Morgan fingerprint density at radius 1 is 1.40 bits per heavy atom. The lowest BCUT2D eigenvalue weighted by molar-refractivity contribution is -0.124. The third-order valence-electron chi connectivity index (χ3n) is 2.59. The molecule has 80 valence electrons. The van der Waals surface area contributed by atoms with Gasteiger partial charge >= 0.3 is 0 Å². The number of amides is 1. The lowest BCUT2D eigenvalue weighted by atomic mass is 9.99. The van der Waals surface area contributed by atoms with Gasteiger partial charge in [0.25, 0.3) is 0 Å². The van der Waals surface area contributed by atoms with E-state index in [1.807, 2.05) is 6.92 Å². The van der Waals surface area contributed by atoms with E-state index >= 15 is 0 Å². The molecule has 1 aliphatic rings. The van der Waals surface area contributed by atoms with Crippen LogP contribution in [0.5, 0.6) is 0 Å². The van der Waals surface area contributed by atoms with Crippen molar-refractivity contribution in [3.8, 4) is 0 Å². The molecule has 1 atom stereocenters. The van der Waals surface area contributed by atoms with Crippen molar-refractivity contribution >= 4 is 5.91 Å². The first-order chi connectivity index (χ1) is 7.18. The van der Waals surface area contributed by atoms with Crippen LogP contribution in [0.1, 0.15) is 17.2 Å². The van der Waals surface area contributed by atoms with Crippen LogP contribution in [0.2, 0.25) is 0 Å². The highest BCUT2D eigenvalue weighted by Crippen LogP contribution is 2.20. The topological polar surface area (TPSA) is 41.1 Å². The first kappa shape index (κ1) is 10.1. The van der Waals surface area contributed by atoms with Gasteiger partial charge in [0.05, 0.1) is 0 Å². The van der Waals surface area contributed by atoms with Crippen LogP contribution in [0.15, 0.2) is 18.2 Å². The van der Waals surface area contributed by atoms with Gasteiger partial charge in [0.15, 0.2) is 0 Å². The summed E-state index contributed by atoms with van der Waals surface area (Å²) in [6.45, 7) is 3.22. The second kappa shape index (κ2) is 3.98. The Morgan fingerprint density at radius 2 is 2.20 bits per heavy atom. The molecule has 2 rings (SSSR count). The van der Waals surface area contributed by atoms with Crippen LogP contribution in [0.4, 0.5) is 4.39 Å². The lowest BCUT2D eigenvalue weighted by Crippen LogP contribution is -2.47. The molecular formula is C11H13FN2O. The molecule has 4 heteroatoms. The highest BCUT2D eigenvalue weighted by molar-refractivity contribution is 5.84. The van der Waals surface area contributed by atoms with E-state index in [2.05, 4.69) is 10.6 Å². The Balaban J connectivity index is 2.34. The van der Waals surface area contributed by atoms with Crippen LogP contribution < -0.4 is 10.6 Å². The molecule has 1 aliphatic heterocycles. The largest absolute Gasteiger partial charge is 0.353 e. The number of hydrogen-bond acceptors (Lipinski definition) is 2. The van der Waals surface area contributed by atoms with Crippen LogP contribution in [0.3, 0.4) is 0 Å². The maximum absolute atomic E-state index is 13.1. The van der Waals surface area contributed by atoms with Crippen LogP contribution in [0.25, 0.3) is 0 Å². The standard InChI is InChI=1S/C11H13FN2O/c1-7-2-3-8(12)6-9(7)10-11(15)14-5-4-13-10/h2-3,6,10,13H,4-5H2,1H3,(H,14,15). The van der Waals surface area contributed by atoms with Gasteiger partial charge in [-0.05, 0) is 30.2 Å². The zero-order valence-electron chi connectivity index (χ0n) is 8.51. The zero-order valence-corrected chi connectivity index (χ0v) is 8.51. The maximum Gasteiger partial charge on any atom is 0.241 e. The maximum atomic E-state index is 13.1. The van der Waals surface area contributed by atoms with Crippen molar-refractivity contribution in [3.05, 3.63) is 35.1 Å². The fourth-order valence-corrected chi connectivity index (χ4v) is 1.77. The summed E-state index contributed by atoms with van der Waals surface area (Å²) < 4.78 is 13.1. The third-order valence-corrected chi connectivity index (χ3v) is 2.59. The normalized spacial score (nSPS) is 21.2. The Labute approximate surface area is 87.7 Å². The molecule has 1 fully saturated rings. The Kier molecular flexibility index (Phi) is 2.68. The summed E-state index contributed by atoms with van der Waals surface area (Å²) in [4.78, 5) is 11.6. The fourth-order valence-electron chi connectivity index (χ4n) is 1.77. The summed E-state index contributed by atoms with van der Waals surface area (Å²) in [5.74, 6) is -0.397. The average Bonchev–Trinajstić information content (AvgIpc) is 2.23. The number of carbonyl (C=O) groups is 1. The van der Waals surface area contributed by atoms with Crippen molar-refractivity contribution < 1.29 is 9.18 Å². The zero-order chi connectivity index (χ0) is 10.8. The molecule has 2 N–H and O–H groups in total. The molecule has 1 saturated heterocycles. The smallest absolute Gasteiger partial charge is 0.241 e. The first-order valence-corrected chi connectivity index (χ1v) is 4.95. The molecule has 0 saturated carbocycles. The van der Waals surface area contributed by atoms with Gasteiger partial charge in [-0.15, -0.1) is 0 Å². The summed E-state index contributed by atoms with van der Waals surface area (Å²) in [6.07, 6.45) is 0. The second-order valence-corrected chi connectivity index (χ2v) is 3.68. The van der Waals surface area contributed by atoms with Gasteiger partial charge < -0.3 is 10.6 Å². The molecule has 0 spiro atoms. The quantitative estimate of drug-likeness (QED) is 0.719. The highest BCUT2D eigenvalue weighted by atomic mass is 19.1. The minimum Gasteiger partial charge on any atom is -0.353 e.